The summed E-state index contributed by atoms with van der Waals surface area (Å²) in [6.07, 6.45) is -1.81. The predicted octanol–water partition coefficient (Wildman–Crippen LogP) is 3.63. The standard InChI is InChI=1S/C23H26F4N8O/c24-20-15-30-22(33-21(20)28-6-7-35-8-10-36-11-9-35)34-31-14-18-4-5-19(13-29-18)32-17-3-1-2-16(12-17)23(25,26)27/h1-5,12-13,15,31-32H,6-11,14H2,(H2,28,30,33,34). The second-order valence-electron chi connectivity index (χ2n) is 7.99. The molecule has 1 aromatic carbocycles. The predicted molar refractivity (Wildman–Crippen MR) is 127 cm³/mol. The summed E-state index contributed by atoms with van der Waals surface area (Å²) in [7, 11) is 0. The van der Waals surface area contributed by atoms with Gasteiger partial charge in [-0.3, -0.25) is 15.3 Å². The third kappa shape index (κ3) is 7.47. The van der Waals surface area contributed by atoms with Crippen LogP contribution in [0.25, 0.3) is 0 Å². The summed E-state index contributed by atoms with van der Waals surface area (Å²) in [6, 6.07) is 8.35. The molecular formula is C23H26F4N8O. The Balaban J connectivity index is 1.24. The number of hydrogen-bond donors (Lipinski definition) is 4. The highest BCUT2D eigenvalue weighted by atomic mass is 19.4. The van der Waals surface area contributed by atoms with Crippen molar-refractivity contribution in [2.75, 3.05) is 55.5 Å². The number of pyridine rings is 1. The molecule has 0 unspecified atom stereocenters. The fraction of sp³-hybridized carbons (Fsp3) is 0.348. The minimum absolute atomic E-state index is 0.103. The Morgan fingerprint density at radius 3 is 2.58 bits per heavy atom. The first kappa shape index (κ1) is 25.5. The Morgan fingerprint density at radius 1 is 1.00 bits per heavy atom. The minimum Gasteiger partial charge on any atom is -0.379 e. The first-order valence-corrected chi connectivity index (χ1v) is 11.3. The van der Waals surface area contributed by atoms with E-state index in [1.54, 1.807) is 18.2 Å². The van der Waals surface area contributed by atoms with Crippen LogP contribution in [0.4, 0.5) is 40.7 Å². The Bertz CT molecular complexity index is 1120. The van der Waals surface area contributed by atoms with Gasteiger partial charge in [0.2, 0.25) is 5.95 Å². The van der Waals surface area contributed by atoms with Gasteiger partial charge in [-0.15, -0.1) is 0 Å². The van der Waals surface area contributed by atoms with E-state index in [0.717, 1.165) is 38.0 Å². The van der Waals surface area contributed by atoms with E-state index < -0.39 is 17.6 Å². The number of benzene rings is 1. The van der Waals surface area contributed by atoms with Gasteiger partial charge >= 0.3 is 6.18 Å². The summed E-state index contributed by atoms with van der Waals surface area (Å²) in [4.78, 5) is 14.6. The van der Waals surface area contributed by atoms with E-state index >= 15 is 0 Å². The van der Waals surface area contributed by atoms with Crippen LogP contribution in [0.3, 0.4) is 0 Å². The number of alkyl halides is 3. The maximum absolute atomic E-state index is 14.1. The van der Waals surface area contributed by atoms with Crippen molar-refractivity contribution >= 4 is 23.1 Å². The molecule has 0 saturated carbocycles. The van der Waals surface area contributed by atoms with Crippen LogP contribution in [0, 0.1) is 5.82 Å². The van der Waals surface area contributed by atoms with Crippen molar-refractivity contribution < 1.29 is 22.3 Å². The molecule has 1 saturated heterocycles. The molecule has 0 atom stereocenters. The monoisotopic (exact) mass is 506 g/mol. The van der Waals surface area contributed by atoms with Gasteiger partial charge in [0, 0.05) is 31.9 Å². The molecule has 0 amide bonds. The quantitative estimate of drug-likeness (QED) is 0.243. The number of morpholine rings is 1. The highest BCUT2D eigenvalue weighted by molar-refractivity contribution is 5.59. The zero-order valence-corrected chi connectivity index (χ0v) is 19.3. The largest absolute Gasteiger partial charge is 0.416 e. The molecular weight excluding hydrogens is 480 g/mol. The van der Waals surface area contributed by atoms with Crippen LogP contribution in [0.1, 0.15) is 11.3 Å². The summed E-state index contributed by atoms with van der Waals surface area (Å²) in [5, 5.41) is 5.89. The summed E-state index contributed by atoms with van der Waals surface area (Å²) < 4.78 is 58.0. The van der Waals surface area contributed by atoms with Gasteiger partial charge in [0.05, 0.1) is 49.1 Å². The second-order valence-corrected chi connectivity index (χ2v) is 7.99. The molecule has 1 aliphatic rings. The molecule has 4 rings (SSSR count). The van der Waals surface area contributed by atoms with Crippen LogP contribution in [0.2, 0.25) is 0 Å². The van der Waals surface area contributed by atoms with Gasteiger partial charge < -0.3 is 15.4 Å². The molecule has 0 spiro atoms. The lowest BCUT2D eigenvalue weighted by molar-refractivity contribution is -0.137. The van der Waals surface area contributed by atoms with Crippen LogP contribution < -0.4 is 21.5 Å². The fourth-order valence-electron chi connectivity index (χ4n) is 3.47. The van der Waals surface area contributed by atoms with E-state index in [4.69, 9.17) is 4.74 Å². The minimum atomic E-state index is -4.41. The van der Waals surface area contributed by atoms with Crippen LogP contribution in [0.15, 0.2) is 48.8 Å². The van der Waals surface area contributed by atoms with Gasteiger partial charge in [0.1, 0.15) is 0 Å². The van der Waals surface area contributed by atoms with E-state index in [9.17, 15) is 17.6 Å². The third-order valence-electron chi connectivity index (χ3n) is 5.34. The fourth-order valence-corrected chi connectivity index (χ4v) is 3.47. The molecule has 2 aromatic heterocycles. The first-order chi connectivity index (χ1) is 17.4. The van der Waals surface area contributed by atoms with E-state index in [-0.39, 0.29) is 11.8 Å². The average Bonchev–Trinajstić information content (AvgIpc) is 2.87. The third-order valence-corrected chi connectivity index (χ3v) is 5.34. The average molecular weight is 507 g/mol. The lowest BCUT2D eigenvalue weighted by atomic mass is 10.2. The molecule has 192 valence electrons. The van der Waals surface area contributed by atoms with Crippen molar-refractivity contribution in [1.82, 2.24) is 25.3 Å². The van der Waals surface area contributed by atoms with Gasteiger partial charge in [-0.25, -0.2) is 14.8 Å². The highest BCUT2D eigenvalue weighted by Gasteiger charge is 2.30. The molecule has 0 aliphatic carbocycles. The number of nitrogens with zero attached hydrogens (tertiary/aromatic N) is 4. The molecule has 9 nitrogen and oxygen atoms in total. The first-order valence-electron chi connectivity index (χ1n) is 11.3. The summed E-state index contributed by atoms with van der Waals surface area (Å²) in [5.74, 6) is -0.258. The van der Waals surface area contributed by atoms with Crippen LogP contribution >= 0.6 is 0 Å². The zero-order chi connectivity index (χ0) is 25.4. The molecule has 1 fully saturated rings. The molecule has 13 heteroatoms. The Morgan fingerprint density at radius 2 is 1.83 bits per heavy atom. The molecule has 4 N–H and O–H groups in total. The summed E-state index contributed by atoms with van der Waals surface area (Å²) >= 11 is 0. The van der Waals surface area contributed by atoms with Crippen molar-refractivity contribution in [3.63, 3.8) is 0 Å². The molecule has 3 aromatic rings. The lowest BCUT2D eigenvalue weighted by Crippen LogP contribution is -2.39. The highest BCUT2D eigenvalue weighted by Crippen LogP contribution is 2.31. The lowest BCUT2D eigenvalue weighted by Gasteiger charge is -2.26. The smallest absolute Gasteiger partial charge is 0.379 e. The number of anilines is 4. The summed E-state index contributed by atoms with van der Waals surface area (Å²) in [6.45, 7) is 4.67. The zero-order valence-electron chi connectivity index (χ0n) is 19.3. The molecule has 3 heterocycles. The van der Waals surface area contributed by atoms with Crippen molar-refractivity contribution in [3.05, 3.63) is 65.9 Å². The molecule has 0 bridgehead atoms. The number of nitrogens with one attached hydrogen (secondary N) is 4. The Hall–Kier alpha value is -3.55. The number of rotatable bonds is 10. The molecule has 1 aliphatic heterocycles. The van der Waals surface area contributed by atoms with Crippen molar-refractivity contribution in [2.24, 2.45) is 0 Å². The van der Waals surface area contributed by atoms with E-state index in [2.05, 4.69) is 41.3 Å². The van der Waals surface area contributed by atoms with E-state index in [1.807, 2.05) is 0 Å². The van der Waals surface area contributed by atoms with Crippen molar-refractivity contribution in [3.8, 4) is 0 Å². The van der Waals surface area contributed by atoms with Crippen molar-refractivity contribution in [2.45, 2.75) is 12.7 Å². The number of ether oxygens (including phenoxy) is 1. The molecule has 36 heavy (non-hydrogen) atoms. The number of aromatic nitrogens is 3. The number of hydrazine groups is 1. The van der Waals surface area contributed by atoms with Gasteiger partial charge in [-0.05, 0) is 30.3 Å². The van der Waals surface area contributed by atoms with Crippen LogP contribution in [-0.4, -0.2) is 59.2 Å². The molecule has 0 radical (unpaired) electrons. The number of hydrogen-bond acceptors (Lipinski definition) is 9. The second kappa shape index (κ2) is 11.9. The topological polar surface area (TPSA) is 99.3 Å². The van der Waals surface area contributed by atoms with Gasteiger partial charge in [-0.1, -0.05) is 6.07 Å². The Labute approximate surface area is 205 Å². The SMILES string of the molecule is Fc1cnc(NNCc2ccc(Nc3cccc(C(F)(F)F)c3)cn2)nc1NCCN1CCOCC1. The normalized spacial score (nSPS) is 14.4. The van der Waals surface area contributed by atoms with E-state index in [0.29, 0.717) is 43.4 Å². The number of halogens is 4. The van der Waals surface area contributed by atoms with Gasteiger partial charge in [-0.2, -0.15) is 18.2 Å². The Kier molecular flexibility index (Phi) is 8.46. The van der Waals surface area contributed by atoms with Gasteiger partial charge in [0.25, 0.3) is 0 Å². The van der Waals surface area contributed by atoms with Crippen LogP contribution in [0.5, 0.6) is 0 Å². The van der Waals surface area contributed by atoms with Crippen LogP contribution in [-0.2, 0) is 17.5 Å². The van der Waals surface area contributed by atoms with Crippen molar-refractivity contribution in [1.29, 1.82) is 0 Å². The van der Waals surface area contributed by atoms with E-state index in [1.165, 1.54) is 12.3 Å². The maximum Gasteiger partial charge on any atom is 0.416 e. The van der Waals surface area contributed by atoms with Gasteiger partial charge in [0.15, 0.2) is 11.6 Å². The summed E-state index contributed by atoms with van der Waals surface area (Å²) in [5.41, 5.74) is 6.49. The maximum atomic E-state index is 14.1.